The monoisotopic (exact) mass is 304 g/mol. The second kappa shape index (κ2) is 11.4. The predicted molar refractivity (Wildman–Crippen MR) is 64.2 cm³/mol. The summed E-state index contributed by atoms with van der Waals surface area (Å²) >= 11 is 0. The number of carbonyl (C=O) groups is 1. The third-order valence-electron chi connectivity index (χ3n) is 1.66. The summed E-state index contributed by atoms with van der Waals surface area (Å²) in [7, 11) is -3.69. The molecular weight excluding hydrogens is 283 g/mol. The quantitative estimate of drug-likeness (QED) is 0.264. The highest BCUT2D eigenvalue weighted by molar-refractivity contribution is 7.47. The van der Waals surface area contributed by atoms with Crippen molar-refractivity contribution in [2.45, 2.75) is 32.2 Å². The Morgan fingerprint density at radius 1 is 1.16 bits per heavy atom. The van der Waals surface area contributed by atoms with E-state index in [-0.39, 0.29) is 19.5 Å². The van der Waals surface area contributed by atoms with Gasteiger partial charge >= 0.3 is 7.82 Å². The number of phosphoric acid groups is 1. The van der Waals surface area contributed by atoms with Crippen molar-refractivity contribution in [3.8, 4) is 0 Å². The van der Waals surface area contributed by atoms with Gasteiger partial charge in [-0.15, -0.1) is 0 Å². The normalized spacial score (nSPS) is 15.9. The lowest BCUT2D eigenvalue weighted by Gasteiger charge is -2.16. The Balaban J connectivity index is 0. The van der Waals surface area contributed by atoms with Gasteiger partial charge in [0.05, 0.1) is 19.8 Å². The molecule has 0 heterocycles. The summed E-state index contributed by atoms with van der Waals surface area (Å²) in [5.74, 6) is 0. The second-order valence-corrected chi connectivity index (χ2v) is 4.62. The Kier molecular flexibility index (Phi) is 12.6. The van der Waals surface area contributed by atoms with Crippen LogP contribution in [0.4, 0.5) is 0 Å². The van der Waals surface area contributed by atoms with Crippen LogP contribution in [0.25, 0.3) is 0 Å². The topological polar surface area (TPSA) is 154 Å². The first-order valence-electron chi connectivity index (χ1n) is 5.47. The van der Waals surface area contributed by atoms with Crippen LogP contribution in [0.5, 0.6) is 0 Å². The van der Waals surface area contributed by atoms with Crippen LogP contribution in [0.1, 0.15) is 13.8 Å². The standard InChI is InChI=1S/C5H10O5.C4H11O4P/c6-1-3(8)5(10)4(9)2-7;1-3-7-9(5,6)8-4-2/h1,3-5,7-10H,2H2;3-4H2,1-2H3,(H,5,6). The first-order valence-corrected chi connectivity index (χ1v) is 6.97. The van der Waals surface area contributed by atoms with Crippen LogP contribution in [-0.2, 0) is 18.4 Å². The maximum absolute atomic E-state index is 10.5. The molecule has 0 aliphatic heterocycles. The fraction of sp³-hybridized carbons (Fsp3) is 0.889. The highest BCUT2D eigenvalue weighted by atomic mass is 31.2. The minimum Gasteiger partial charge on any atom is -0.394 e. The van der Waals surface area contributed by atoms with Crippen LogP contribution in [0, 0.1) is 0 Å². The Labute approximate surface area is 111 Å². The molecule has 10 heteroatoms. The molecule has 0 aromatic heterocycles. The number of carbonyl (C=O) groups excluding carboxylic acids is 1. The molecular formula is C9H21O9P. The molecule has 3 atom stereocenters. The van der Waals surface area contributed by atoms with E-state index in [1.54, 1.807) is 13.8 Å². The van der Waals surface area contributed by atoms with Crippen molar-refractivity contribution in [3.63, 3.8) is 0 Å². The van der Waals surface area contributed by atoms with Crippen LogP contribution in [0.3, 0.4) is 0 Å². The Bertz CT molecular complexity index is 262. The number of aliphatic hydroxyl groups excluding tert-OH is 4. The average Bonchev–Trinajstić information content (AvgIpc) is 2.36. The largest absolute Gasteiger partial charge is 0.472 e. The number of aldehydes is 1. The summed E-state index contributed by atoms with van der Waals surface area (Å²) < 4.78 is 19.2. The van der Waals surface area contributed by atoms with Gasteiger partial charge in [0.25, 0.3) is 0 Å². The number of hydrogen-bond acceptors (Lipinski definition) is 8. The minimum absolute atomic E-state index is 0.0869. The summed E-state index contributed by atoms with van der Waals surface area (Å²) in [5.41, 5.74) is 0. The van der Waals surface area contributed by atoms with Crippen molar-refractivity contribution in [2.75, 3.05) is 19.8 Å². The molecule has 0 fully saturated rings. The van der Waals surface area contributed by atoms with E-state index < -0.39 is 32.7 Å². The number of hydrogen-bond donors (Lipinski definition) is 5. The lowest BCUT2D eigenvalue weighted by Crippen LogP contribution is -2.40. The lowest BCUT2D eigenvalue weighted by molar-refractivity contribution is -0.127. The smallest absolute Gasteiger partial charge is 0.394 e. The van der Waals surface area contributed by atoms with Crippen molar-refractivity contribution in [1.29, 1.82) is 0 Å². The summed E-state index contributed by atoms with van der Waals surface area (Å²) in [6.07, 6.45) is -4.63. The molecule has 0 saturated carbocycles. The molecule has 9 nitrogen and oxygen atoms in total. The van der Waals surface area contributed by atoms with Crippen molar-refractivity contribution < 1.29 is 43.7 Å². The summed E-state index contributed by atoms with van der Waals surface area (Å²) in [6, 6.07) is 0. The van der Waals surface area contributed by atoms with Crippen LogP contribution in [-0.4, -0.2) is 69.7 Å². The maximum Gasteiger partial charge on any atom is 0.472 e. The molecule has 0 rings (SSSR count). The molecule has 0 saturated heterocycles. The lowest BCUT2D eigenvalue weighted by atomic mass is 10.1. The molecule has 0 aromatic carbocycles. The van der Waals surface area contributed by atoms with Gasteiger partial charge in [-0.1, -0.05) is 0 Å². The van der Waals surface area contributed by atoms with E-state index >= 15 is 0 Å². The Morgan fingerprint density at radius 3 is 1.84 bits per heavy atom. The summed E-state index contributed by atoms with van der Waals surface area (Å²) in [5, 5.41) is 34.1. The molecule has 0 spiro atoms. The predicted octanol–water partition coefficient (Wildman–Crippen LogP) is -1.58. The summed E-state index contributed by atoms with van der Waals surface area (Å²) in [4.78, 5) is 18.4. The molecule has 5 N–H and O–H groups in total. The van der Waals surface area contributed by atoms with Gasteiger partial charge in [-0.05, 0) is 13.8 Å². The minimum atomic E-state index is -3.69. The van der Waals surface area contributed by atoms with E-state index in [2.05, 4.69) is 9.05 Å². The van der Waals surface area contributed by atoms with Crippen molar-refractivity contribution in [3.05, 3.63) is 0 Å². The molecule has 0 aliphatic rings. The average molecular weight is 304 g/mol. The zero-order valence-electron chi connectivity index (χ0n) is 10.7. The van der Waals surface area contributed by atoms with Gasteiger partial charge in [-0.25, -0.2) is 4.57 Å². The molecule has 116 valence electrons. The number of rotatable bonds is 8. The van der Waals surface area contributed by atoms with Gasteiger partial charge in [0.15, 0.2) is 6.29 Å². The van der Waals surface area contributed by atoms with Gasteiger partial charge < -0.3 is 30.1 Å². The van der Waals surface area contributed by atoms with Gasteiger partial charge in [0.1, 0.15) is 18.3 Å². The van der Waals surface area contributed by atoms with Gasteiger partial charge in [0, 0.05) is 0 Å². The molecule has 3 unspecified atom stereocenters. The van der Waals surface area contributed by atoms with Crippen molar-refractivity contribution >= 4 is 14.1 Å². The van der Waals surface area contributed by atoms with Crippen LogP contribution in [0.2, 0.25) is 0 Å². The van der Waals surface area contributed by atoms with Crippen LogP contribution < -0.4 is 0 Å². The SMILES string of the molecule is CCOP(=O)(O)OCC.O=CC(O)C(O)C(O)CO. The van der Waals surface area contributed by atoms with Gasteiger partial charge in [-0.3, -0.25) is 9.05 Å². The highest BCUT2D eigenvalue weighted by Crippen LogP contribution is 2.42. The van der Waals surface area contributed by atoms with Gasteiger partial charge in [0.2, 0.25) is 0 Å². The van der Waals surface area contributed by atoms with Crippen molar-refractivity contribution in [2.24, 2.45) is 0 Å². The first kappa shape index (κ1) is 20.9. The maximum atomic E-state index is 10.5. The summed E-state index contributed by atoms with van der Waals surface area (Å²) in [6.45, 7) is 2.94. The molecule has 0 aliphatic carbocycles. The van der Waals surface area contributed by atoms with E-state index in [1.165, 1.54) is 0 Å². The van der Waals surface area contributed by atoms with Crippen LogP contribution in [0.15, 0.2) is 0 Å². The van der Waals surface area contributed by atoms with Crippen LogP contribution >= 0.6 is 7.82 Å². The molecule has 0 radical (unpaired) electrons. The fourth-order valence-corrected chi connectivity index (χ4v) is 1.51. The number of phosphoric ester groups is 1. The van der Waals surface area contributed by atoms with E-state index in [0.717, 1.165) is 0 Å². The Hall–Kier alpha value is -0.380. The molecule has 0 aromatic rings. The third kappa shape index (κ3) is 11.2. The van der Waals surface area contributed by atoms with E-state index in [9.17, 15) is 9.36 Å². The molecule has 0 bridgehead atoms. The first-order chi connectivity index (χ1) is 8.75. The molecule has 0 amide bonds. The highest BCUT2D eigenvalue weighted by Gasteiger charge is 2.22. The van der Waals surface area contributed by atoms with Crippen molar-refractivity contribution in [1.82, 2.24) is 0 Å². The third-order valence-corrected chi connectivity index (χ3v) is 2.82. The van der Waals surface area contributed by atoms with Gasteiger partial charge in [-0.2, -0.15) is 0 Å². The number of aliphatic hydroxyl groups is 4. The zero-order valence-corrected chi connectivity index (χ0v) is 11.6. The fourth-order valence-electron chi connectivity index (χ4n) is 0.780. The molecule has 19 heavy (non-hydrogen) atoms. The van der Waals surface area contributed by atoms with E-state index in [0.29, 0.717) is 0 Å². The van der Waals surface area contributed by atoms with E-state index in [4.69, 9.17) is 25.3 Å². The second-order valence-electron chi connectivity index (χ2n) is 3.17. The van der Waals surface area contributed by atoms with E-state index in [1.807, 2.05) is 0 Å². The Morgan fingerprint density at radius 2 is 1.58 bits per heavy atom. The zero-order chi connectivity index (χ0) is 15.5.